The molecule has 0 bridgehead atoms. The van der Waals surface area contributed by atoms with Gasteiger partial charge in [-0.15, -0.1) is 0 Å². The van der Waals surface area contributed by atoms with Crippen LogP contribution in [0.3, 0.4) is 0 Å². The zero-order valence-electron chi connectivity index (χ0n) is 16.8. The predicted molar refractivity (Wildman–Crippen MR) is 111 cm³/mol. The predicted octanol–water partition coefficient (Wildman–Crippen LogP) is 3.24. The molecular weight excluding hydrogens is 352 g/mol. The number of likely N-dealkylation sites (tertiary alicyclic amines) is 1. The van der Waals surface area contributed by atoms with Crippen LogP contribution in [0.1, 0.15) is 30.9 Å². The molecule has 3 rings (SSSR count). The molecule has 1 N–H and O–H groups in total. The Morgan fingerprint density at radius 2 is 1.96 bits per heavy atom. The summed E-state index contributed by atoms with van der Waals surface area (Å²) in [4.78, 5) is 11.1. The topological polar surface area (TPSA) is 59.0 Å². The Morgan fingerprint density at radius 1 is 1.18 bits per heavy atom. The SMILES string of the molecule is CCOC1CCN(C(=NC)NCc2cccnc2OCc2ccccc2)CC1. The number of piperidine rings is 1. The summed E-state index contributed by atoms with van der Waals surface area (Å²) in [6.45, 7) is 5.87. The first-order valence-electron chi connectivity index (χ1n) is 9.98. The Balaban J connectivity index is 1.55. The molecule has 1 saturated heterocycles. The Bertz CT molecular complexity index is 743. The number of benzene rings is 1. The highest BCUT2D eigenvalue weighted by molar-refractivity contribution is 5.80. The summed E-state index contributed by atoms with van der Waals surface area (Å²) in [5, 5.41) is 3.46. The summed E-state index contributed by atoms with van der Waals surface area (Å²) in [7, 11) is 1.83. The third-order valence-electron chi connectivity index (χ3n) is 4.86. The number of nitrogens with zero attached hydrogens (tertiary/aromatic N) is 3. The Labute approximate surface area is 167 Å². The molecule has 6 nitrogen and oxygen atoms in total. The van der Waals surface area contributed by atoms with E-state index in [9.17, 15) is 0 Å². The fraction of sp³-hybridized carbons (Fsp3) is 0.455. The first kappa shape index (κ1) is 20.1. The molecular formula is C22H30N4O2. The maximum atomic E-state index is 5.95. The third-order valence-corrected chi connectivity index (χ3v) is 4.86. The molecule has 1 aliphatic heterocycles. The molecule has 28 heavy (non-hydrogen) atoms. The average molecular weight is 383 g/mol. The second-order valence-electron chi connectivity index (χ2n) is 6.78. The van der Waals surface area contributed by atoms with Gasteiger partial charge in [0.05, 0.1) is 6.10 Å². The van der Waals surface area contributed by atoms with Crippen LogP contribution in [-0.2, 0) is 17.9 Å². The van der Waals surface area contributed by atoms with Gasteiger partial charge in [-0.05, 0) is 31.4 Å². The number of hydrogen-bond acceptors (Lipinski definition) is 4. The number of guanidine groups is 1. The van der Waals surface area contributed by atoms with Gasteiger partial charge in [0.1, 0.15) is 6.61 Å². The van der Waals surface area contributed by atoms with Gasteiger partial charge >= 0.3 is 0 Å². The number of aliphatic imine (C=N–C) groups is 1. The number of ether oxygens (including phenoxy) is 2. The molecule has 0 unspecified atom stereocenters. The van der Waals surface area contributed by atoms with Gasteiger partial charge in [-0.1, -0.05) is 36.4 Å². The van der Waals surface area contributed by atoms with Crippen LogP contribution in [0.2, 0.25) is 0 Å². The van der Waals surface area contributed by atoms with E-state index in [1.807, 2.05) is 37.4 Å². The maximum Gasteiger partial charge on any atom is 0.218 e. The molecule has 1 aromatic heterocycles. The zero-order chi connectivity index (χ0) is 19.6. The van der Waals surface area contributed by atoms with Gasteiger partial charge in [0.15, 0.2) is 5.96 Å². The second-order valence-corrected chi connectivity index (χ2v) is 6.78. The molecule has 1 aromatic carbocycles. The van der Waals surface area contributed by atoms with Gasteiger partial charge < -0.3 is 19.7 Å². The third kappa shape index (κ3) is 5.70. The lowest BCUT2D eigenvalue weighted by atomic mass is 10.1. The van der Waals surface area contributed by atoms with Gasteiger partial charge in [0.25, 0.3) is 0 Å². The number of nitrogens with one attached hydrogen (secondary N) is 1. The summed E-state index contributed by atoms with van der Waals surface area (Å²) < 4.78 is 11.7. The van der Waals surface area contributed by atoms with E-state index in [0.717, 1.165) is 49.6 Å². The van der Waals surface area contributed by atoms with Crippen molar-refractivity contribution in [2.75, 3.05) is 26.7 Å². The van der Waals surface area contributed by atoms with Crippen LogP contribution in [0.4, 0.5) is 0 Å². The molecule has 1 aliphatic rings. The Hall–Kier alpha value is -2.60. The van der Waals surface area contributed by atoms with Crippen molar-refractivity contribution < 1.29 is 9.47 Å². The minimum atomic E-state index is 0.371. The van der Waals surface area contributed by atoms with Crippen molar-refractivity contribution in [3.05, 3.63) is 59.8 Å². The van der Waals surface area contributed by atoms with Crippen molar-refractivity contribution in [2.45, 2.75) is 39.0 Å². The van der Waals surface area contributed by atoms with Gasteiger partial charge in [0, 0.05) is 45.0 Å². The first-order valence-corrected chi connectivity index (χ1v) is 9.98. The standard InChI is InChI=1S/C22H30N4O2/c1-3-27-20-11-14-26(15-12-20)22(23-2)25-16-19-10-7-13-24-21(19)28-17-18-8-5-4-6-9-18/h4-10,13,20H,3,11-12,14-17H2,1-2H3,(H,23,25). The van der Waals surface area contributed by atoms with Gasteiger partial charge in [0.2, 0.25) is 5.88 Å². The van der Waals surface area contributed by atoms with Crippen LogP contribution in [0.5, 0.6) is 5.88 Å². The van der Waals surface area contributed by atoms with Crippen molar-refractivity contribution in [1.82, 2.24) is 15.2 Å². The summed E-state index contributed by atoms with van der Waals surface area (Å²) in [5.74, 6) is 1.57. The summed E-state index contributed by atoms with van der Waals surface area (Å²) in [5.41, 5.74) is 2.14. The minimum absolute atomic E-state index is 0.371. The smallest absolute Gasteiger partial charge is 0.218 e. The van der Waals surface area contributed by atoms with E-state index in [1.165, 1.54) is 0 Å². The highest BCUT2D eigenvalue weighted by Crippen LogP contribution is 2.17. The number of hydrogen-bond donors (Lipinski definition) is 1. The zero-order valence-corrected chi connectivity index (χ0v) is 16.8. The van der Waals surface area contributed by atoms with Crippen LogP contribution >= 0.6 is 0 Å². The lowest BCUT2D eigenvalue weighted by Gasteiger charge is -2.34. The summed E-state index contributed by atoms with van der Waals surface area (Å²) >= 11 is 0. The largest absolute Gasteiger partial charge is 0.473 e. The quantitative estimate of drug-likeness (QED) is 0.588. The highest BCUT2D eigenvalue weighted by Gasteiger charge is 2.21. The van der Waals surface area contributed by atoms with Crippen LogP contribution in [0.25, 0.3) is 0 Å². The van der Waals surface area contributed by atoms with Gasteiger partial charge in [-0.2, -0.15) is 0 Å². The van der Waals surface area contributed by atoms with Gasteiger partial charge in [-0.25, -0.2) is 4.98 Å². The number of pyridine rings is 1. The lowest BCUT2D eigenvalue weighted by Crippen LogP contribution is -2.46. The fourth-order valence-electron chi connectivity index (χ4n) is 3.39. The Kier molecular flexibility index (Phi) is 7.67. The van der Waals surface area contributed by atoms with Gasteiger partial charge in [-0.3, -0.25) is 4.99 Å². The molecule has 1 fully saturated rings. The second kappa shape index (κ2) is 10.7. The molecule has 2 heterocycles. The highest BCUT2D eigenvalue weighted by atomic mass is 16.5. The lowest BCUT2D eigenvalue weighted by molar-refractivity contribution is 0.0263. The normalized spacial score (nSPS) is 15.5. The molecule has 0 radical (unpaired) electrons. The molecule has 0 atom stereocenters. The van der Waals surface area contributed by atoms with Crippen molar-refractivity contribution in [2.24, 2.45) is 4.99 Å². The number of rotatable bonds is 7. The van der Waals surface area contributed by atoms with E-state index in [-0.39, 0.29) is 0 Å². The maximum absolute atomic E-state index is 5.95. The molecule has 0 saturated carbocycles. The molecule has 2 aromatic rings. The molecule has 6 heteroatoms. The van der Waals surface area contributed by atoms with Crippen LogP contribution in [-0.4, -0.2) is 48.7 Å². The van der Waals surface area contributed by atoms with E-state index in [4.69, 9.17) is 9.47 Å². The van der Waals surface area contributed by atoms with E-state index < -0.39 is 0 Å². The minimum Gasteiger partial charge on any atom is -0.473 e. The summed E-state index contributed by atoms with van der Waals surface area (Å²) in [6.07, 6.45) is 4.20. The van der Waals surface area contributed by atoms with Crippen LogP contribution in [0, 0.1) is 0 Å². The molecule has 0 amide bonds. The Morgan fingerprint density at radius 3 is 2.68 bits per heavy atom. The van der Waals surface area contributed by atoms with E-state index in [0.29, 0.717) is 25.1 Å². The first-order chi connectivity index (χ1) is 13.8. The van der Waals surface area contributed by atoms with Crippen molar-refractivity contribution in [3.8, 4) is 5.88 Å². The summed E-state index contributed by atoms with van der Waals surface area (Å²) in [6, 6.07) is 14.1. The van der Waals surface area contributed by atoms with Crippen molar-refractivity contribution in [3.63, 3.8) is 0 Å². The van der Waals surface area contributed by atoms with Crippen LogP contribution < -0.4 is 10.1 Å². The van der Waals surface area contributed by atoms with E-state index in [1.54, 1.807) is 6.20 Å². The monoisotopic (exact) mass is 382 g/mol. The number of aromatic nitrogens is 1. The molecule has 0 aliphatic carbocycles. The van der Waals surface area contributed by atoms with Crippen molar-refractivity contribution in [1.29, 1.82) is 0 Å². The van der Waals surface area contributed by atoms with E-state index >= 15 is 0 Å². The molecule has 150 valence electrons. The molecule has 0 spiro atoms. The van der Waals surface area contributed by atoms with Crippen LogP contribution in [0.15, 0.2) is 53.7 Å². The van der Waals surface area contributed by atoms with Crippen molar-refractivity contribution >= 4 is 5.96 Å². The fourth-order valence-corrected chi connectivity index (χ4v) is 3.39. The van der Waals surface area contributed by atoms with E-state index in [2.05, 4.69) is 39.2 Å². The average Bonchev–Trinajstić information content (AvgIpc) is 2.75.